The maximum absolute atomic E-state index is 12.4. The minimum Gasteiger partial charge on any atom is -0.481 e. The van der Waals surface area contributed by atoms with Crippen LogP contribution in [0.1, 0.15) is 22.8 Å². The number of nitrogens with zero attached hydrogens (tertiary/aromatic N) is 1. The second-order valence-electron chi connectivity index (χ2n) is 3.98. The number of hydrogen-bond donors (Lipinski definition) is 1. The molecule has 0 aromatic heterocycles. The Labute approximate surface area is 110 Å². The summed E-state index contributed by atoms with van der Waals surface area (Å²) < 4.78 is 41.8. The summed E-state index contributed by atoms with van der Waals surface area (Å²) in [6.45, 7) is 1.90. The van der Waals surface area contributed by atoms with E-state index < -0.39 is 40.2 Å². The van der Waals surface area contributed by atoms with Crippen LogP contribution in [0.15, 0.2) is 12.1 Å². The van der Waals surface area contributed by atoms with Gasteiger partial charge in [-0.2, -0.15) is 13.2 Å². The Morgan fingerprint density at radius 2 is 2.00 bits per heavy atom. The zero-order chi connectivity index (χ0) is 15.7. The Morgan fingerprint density at radius 1 is 1.45 bits per heavy atom. The highest BCUT2D eigenvalue weighted by atomic mass is 19.4. The lowest BCUT2D eigenvalue weighted by Crippen LogP contribution is -2.31. The van der Waals surface area contributed by atoms with Gasteiger partial charge in [0.2, 0.25) is 0 Å². The molecule has 1 rings (SSSR count). The highest BCUT2D eigenvalue weighted by Crippen LogP contribution is 2.33. The average Bonchev–Trinajstić information content (AvgIpc) is 2.29. The molecule has 20 heavy (non-hydrogen) atoms. The molecule has 0 aliphatic carbocycles. The number of carboxylic acid groups (broad SMARTS) is 1. The van der Waals surface area contributed by atoms with Gasteiger partial charge in [-0.1, -0.05) is 0 Å². The third-order valence-corrected chi connectivity index (χ3v) is 2.54. The van der Waals surface area contributed by atoms with Crippen LogP contribution in [-0.2, 0) is 0 Å². The van der Waals surface area contributed by atoms with Crippen LogP contribution in [0.4, 0.5) is 18.9 Å². The molecule has 0 bridgehead atoms. The van der Waals surface area contributed by atoms with E-state index >= 15 is 0 Å². The number of benzene rings is 1. The van der Waals surface area contributed by atoms with Crippen molar-refractivity contribution in [2.75, 3.05) is 0 Å². The zero-order valence-electron chi connectivity index (χ0n) is 10.4. The molecule has 0 fully saturated rings. The molecule has 1 N–H and O–H groups in total. The second-order valence-corrected chi connectivity index (χ2v) is 3.98. The molecule has 0 aliphatic rings. The summed E-state index contributed by atoms with van der Waals surface area (Å²) >= 11 is 0. The quantitative estimate of drug-likeness (QED) is 0.681. The Kier molecular flexibility index (Phi) is 4.21. The van der Waals surface area contributed by atoms with Crippen molar-refractivity contribution in [3.8, 4) is 5.75 Å². The van der Waals surface area contributed by atoms with Crippen molar-refractivity contribution < 1.29 is 32.7 Å². The molecule has 1 atom stereocenters. The summed E-state index contributed by atoms with van der Waals surface area (Å²) in [5.41, 5.74) is -1.31. The molecule has 0 spiro atoms. The molecule has 0 aliphatic heterocycles. The van der Waals surface area contributed by atoms with Crippen LogP contribution >= 0.6 is 0 Å². The number of nitro benzene ring substituents is 1. The van der Waals surface area contributed by atoms with Gasteiger partial charge < -0.3 is 9.84 Å². The molecule has 110 valence electrons. The van der Waals surface area contributed by atoms with Crippen LogP contribution in [0.5, 0.6) is 5.75 Å². The fourth-order valence-electron chi connectivity index (χ4n) is 1.37. The monoisotopic (exact) mass is 293 g/mol. The molecule has 0 saturated heterocycles. The van der Waals surface area contributed by atoms with Crippen LogP contribution in [0.2, 0.25) is 0 Å². The standard InChI is InChI=1S/C11H10F3NO5/c1-5-8(15(18)19)3-7(10(16)17)4-9(5)20-6(2)11(12,13)14/h3-4,6H,1-2H3,(H,16,17). The van der Waals surface area contributed by atoms with Gasteiger partial charge in [0.25, 0.3) is 5.69 Å². The maximum Gasteiger partial charge on any atom is 0.425 e. The van der Waals surface area contributed by atoms with E-state index in [2.05, 4.69) is 4.74 Å². The molecule has 0 heterocycles. The van der Waals surface area contributed by atoms with Crippen molar-refractivity contribution in [3.05, 3.63) is 33.4 Å². The molecular weight excluding hydrogens is 283 g/mol. The van der Waals surface area contributed by atoms with Gasteiger partial charge in [0.15, 0.2) is 6.10 Å². The van der Waals surface area contributed by atoms with Gasteiger partial charge in [-0.05, 0) is 19.9 Å². The predicted octanol–water partition coefficient (Wildman–Crippen LogP) is 2.93. The highest BCUT2D eigenvalue weighted by Gasteiger charge is 2.38. The lowest BCUT2D eigenvalue weighted by Gasteiger charge is -2.19. The SMILES string of the molecule is Cc1c(OC(C)C(F)(F)F)cc(C(=O)O)cc1[N+](=O)[O-]. The molecule has 9 heteroatoms. The molecular formula is C11H10F3NO5. The van der Waals surface area contributed by atoms with E-state index in [0.717, 1.165) is 19.1 Å². The summed E-state index contributed by atoms with van der Waals surface area (Å²) in [5, 5.41) is 19.6. The zero-order valence-corrected chi connectivity index (χ0v) is 10.4. The van der Waals surface area contributed by atoms with Crippen molar-refractivity contribution >= 4 is 11.7 Å². The number of nitro groups is 1. The fraction of sp³-hybridized carbons (Fsp3) is 0.364. The number of rotatable bonds is 4. The normalized spacial score (nSPS) is 12.8. The number of hydrogen-bond acceptors (Lipinski definition) is 4. The number of carboxylic acids is 1. The summed E-state index contributed by atoms with van der Waals surface area (Å²) in [5.74, 6) is -1.99. The third-order valence-electron chi connectivity index (χ3n) is 2.54. The van der Waals surface area contributed by atoms with Crippen molar-refractivity contribution in [1.29, 1.82) is 0 Å². The largest absolute Gasteiger partial charge is 0.481 e. The molecule has 1 unspecified atom stereocenters. The Morgan fingerprint density at radius 3 is 2.40 bits per heavy atom. The van der Waals surface area contributed by atoms with Gasteiger partial charge in [0, 0.05) is 6.07 Å². The lowest BCUT2D eigenvalue weighted by atomic mass is 10.1. The first-order chi connectivity index (χ1) is 9.04. The van der Waals surface area contributed by atoms with Crippen molar-refractivity contribution in [3.63, 3.8) is 0 Å². The van der Waals surface area contributed by atoms with E-state index in [-0.39, 0.29) is 5.56 Å². The Hall–Kier alpha value is -2.32. The fourth-order valence-corrected chi connectivity index (χ4v) is 1.37. The van der Waals surface area contributed by atoms with Gasteiger partial charge in [0.05, 0.1) is 16.1 Å². The maximum atomic E-state index is 12.4. The number of carbonyl (C=O) groups is 1. The highest BCUT2D eigenvalue weighted by molar-refractivity contribution is 5.89. The van der Waals surface area contributed by atoms with Crippen LogP contribution in [-0.4, -0.2) is 28.3 Å². The minimum absolute atomic E-state index is 0.170. The van der Waals surface area contributed by atoms with Crippen LogP contribution in [0, 0.1) is 17.0 Å². The Bertz CT molecular complexity index is 556. The molecule has 1 aromatic rings. The first-order valence-corrected chi connectivity index (χ1v) is 5.29. The van der Waals surface area contributed by atoms with Gasteiger partial charge in [-0.3, -0.25) is 10.1 Å². The number of ether oxygens (including phenoxy) is 1. The van der Waals surface area contributed by atoms with Gasteiger partial charge in [-0.15, -0.1) is 0 Å². The van der Waals surface area contributed by atoms with E-state index in [1.54, 1.807) is 0 Å². The predicted molar refractivity (Wildman–Crippen MR) is 60.9 cm³/mol. The molecule has 6 nitrogen and oxygen atoms in total. The van der Waals surface area contributed by atoms with Crippen molar-refractivity contribution in [2.45, 2.75) is 26.1 Å². The van der Waals surface area contributed by atoms with Crippen molar-refractivity contribution in [2.24, 2.45) is 0 Å². The summed E-state index contributed by atoms with van der Waals surface area (Å²) in [7, 11) is 0. The minimum atomic E-state index is -4.67. The smallest absolute Gasteiger partial charge is 0.425 e. The van der Waals surface area contributed by atoms with Crippen LogP contribution in [0.3, 0.4) is 0 Å². The summed E-state index contributed by atoms with van der Waals surface area (Å²) in [6, 6.07) is 1.59. The van der Waals surface area contributed by atoms with E-state index in [1.165, 1.54) is 6.92 Å². The summed E-state index contributed by atoms with van der Waals surface area (Å²) in [4.78, 5) is 20.7. The third kappa shape index (κ3) is 3.37. The van der Waals surface area contributed by atoms with E-state index in [0.29, 0.717) is 0 Å². The molecule has 0 saturated carbocycles. The average molecular weight is 293 g/mol. The summed E-state index contributed by atoms with van der Waals surface area (Å²) in [6.07, 6.45) is -6.88. The number of aromatic carboxylic acids is 1. The second kappa shape index (κ2) is 5.35. The number of alkyl halides is 3. The van der Waals surface area contributed by atoms with Crippen LogP contribution < -0.4 is 4.74 Å². The first kappa shape index (κ1) is 15.7. The Balaban J connectivity index is 3.31. The number of halogens is 3. The van der Waals surface area contributed by atoms with E-state index in [9.17, 15) is 28.1 Å². The van der Waals surface area contributed by atoms with E-state index in [4.69, 9.17) is 5.11 Å². The molecule has 0 amide bonds. The van der Waals surface area contributed by atoms with Gasteiger partial charge in [0.1, 0.15) is 5.75 Å². The van der Waals surface area contributed by atoms with Crippen LogP contribution in [0.25, 0.3) is 0 Å². The molecule has 1 aromatic carbocycles. The van der Waals surface area contributed by atoms with Gasteiger partial charge in [-0.25, -0.2) is 4.79 Å². The van der Waals surface area contributed by atoms with Gasteiger partial charge >= 0.3 is 12.1 Å². The topological polar surface area (TPSA) is 89.7 Å². The first-order valence-electron chi connectivity index (χ1n) is 5.29. The van der Waals surface area contributed by atoms with E-state index in [1.807, 2.05) is 0 Å². The van der Waals surface area contributed by atoms with Crippen molar-refractivity contribution in [1.82, 2.24) is 0 Å². The lowest BCUT2D eigenvalue weighted by molar-refractivity contribution is -0.385. The molecule has 0 radical (unpaired) electrons.